The minimum Gasteiger partial charge on any atom is -0.490 e. The van der Waals surface area contributed by atoms with E-state index in [1.807, 2.05) is 43.3 Å². The number of ether oxygens (including phenoxy) is 2. The second-order valence-corrected chi connectivity index (χ2v) is 6.84. The van der Waals surface area contributed by atoms with Crippen LogP contribution in [0.2, 0.25) is 0 Å². The van der Waals surface area contributed by atoms with Crippen molar-refractivity contribution in [2.24, 2.45) is 0 Å². The molecule has 0 saturated heterocycles. The second kappa shape index (κ2) is 11.1. The molecule has 0 aliphatic heterocycles. The van der Waals surface area contributed by atoms with Crippen LogP contribution in [0.3, 0.4) is 0 Å². The Morgan fingerprint density at radius 2 is 1.85 bits per heavy atom. The predicted molar refractivity (Wildman–Crippen MR) is 124 cm³/mol. The third-order valence-electron chi connectivity index (χ3n) is 4.50. The number of amides is 1. The number of nitro groups is 1. The average Bonchev–Trinajstić information content (AvgIpc) is 2.83. The molecule has 0 saturated carbocycles. The number of nitro benzene ring substituents is 1. The fourth-order valence-corrected chi connectivity index (χ4v) is 2.95. The van der Waals surface area contributed by atoms with Gasteiger partial charge in [-0.25, -0.2) is 0 Å². The van der Waals surface area contributed by atoms with Gasteiger partial charge in [0.05, 0.1) is 11.5 Å². The summed E-state index contributed by atoms with van der Waals surface area (Å²) in [5.41, 5.74) is 1.46. The lowest BCUT2D eigenvalue weighted by atomic mass is 10.1. The first kappa shape index (κ1) is 23.0. The van der Waals surface area contributed by atoms with Crippen molar-refractivity contribution in [1.29, 1.82) is 5.26 Å². The van der Waals surface area contributed by atoms with Crippen molar-refractivity contribution in [3.63, 3.8) is 0 Å². The smallest absolute Gasteiger partial charge is 0.271 e. The van der Waals surface area contributed by atoms with Crippen molar-refractivity contribution in [3.8, 4) is 17.6 Å². The number of anilines is 1. The van der Waals surface area contributed by atoms with E-state index in [0.717, 1.165) is 5.56 Å². The zero-order chi connectivity index (χ0) is 23.6. The Balaban J connectivity index is 1.78. The van der Waals surface area contributed by atoms with Crippen LogP contribution >= 0.6 is 0 Å². The summed E-state index contributed by atoms with van der Waals surface area (Å²) in [4.78, 5) is 22.9. The highest BCUT2D eigenvalue weighted by atomic mass is 16.6. The minimum absolute atomic E-state index is 0.164. The van der Waals surface area contributed by atoms with Gasteiger partial charge in [-0.1, -0.05) is 42.5 Å². The highest BCUT2D eigenvalue weighted by Crippen LogP contribution is 2.30. The van der Waals surface area contributed by atoms with E-state index < -0.39 is 10.8 Å². The first-order chi connectivity index (χ1) is 16.0. The van der Waals surface area contributed by atoms with E-state index in [9.17, 15) is 20.2 Å². The molecule has 0 aromatic heterocycles. The molecule has 8 heteroatoms. The molecule has 166 valence electrons. The van der Waals surface area contributed by atoms with Crippen LogP contribution in [-0.4, -0.2) is 17.4 Å². The summed E-state index contributed by atoms with van der Waals surface area (Å²) in [6.45, 7) is 2.62. The van der Waals surface area contributed by atoms with E-state index in [1.54, 1.807) is 18.2 Å². The molecule has 0 fully saturated rings. The molecule has 0 atom stereocenters. The number of benzene rings is 3. The monoisotopic (exact) mass is 443 g/mol. The van der Waals surface area contributed by atoms with Crippen LogP contribution < -0.4 is 14.8 Å². The third kappa shape index (κ3) is 6.42. The number of non-ortho nitro benzene ring substituents is 1. The van der Waals surface area contributed by atoms with Crippen LogP contribution in [0.5, 0.6) is 11.5 Å². The maximum atomic E-state index is 12.5. The van der Waals surface area contributed by atoms with Gasteiger partial charge < -0.3 is 14.8 Å². The fourth-order valence-electron chi connectivity index (χ4n) is 2.95. The van der Waals surface area contributed by atoms with Crippen LogP contribution in [0.15, 0.2) is 78.4 Å². The maximum Gasteiger partial charge on any atom is 0.271 e. The minimum atomic E-state index is -0.680. The number of hydrogen-bond acceptors (Lipinski definition) is 6. The van der Waals surface area contributed by atoms with E-state index >= 15 is 0 Å². The number of hydrogen-bond donors (Lipinski definition) is 1. The topological polar surface area (TPSA) is 114 Å². The van der Waals surface area contributed by atoms with Crippen molar-refractivity contribution in [2.45, 2.75) is 13.5 Å². The van der Waals surface area contributed by atoms with Crippen LogP contribution in [0.25, 0.3) is 6.08 Å². The van der Waals surface area contributed by atoms with Crippen molar-refractivity contribution < 1.29 is 19.2 Å². The molecular formula is C25H21N3O5. The van der Waals surface area contributed by atoms with Gasteiger partial charge >= 0.3 is 0 Å². The highest BCUT2D eigenvalue weighted by molar-refractivity contribution is 6.09. The normalized spacial score (nSPS) is 10.7. The maximum absolute atomic E-state index is 12.5. The lowest BCUT2D eigenvalue weighted by Gasteiger charge is -2.13. The molecule has 0 bridgehead atoms. The van der Waals surface area contributed by atoms with Gasteiger partial charge in [-0.15, -0.1) is 0 Å². The Bertz CT molecular complexity index is 1220. The van der Waals surface area contributed by atoms with Crippen molar-refractivity contribution in [3.05, 3.63) is 99.6 Å². The number of carbonyl (C=O) groups excluding carboxylic acids is 1. The molecule has 0 unspecified atom stereocenters. The number of nitrogens with zero attached hydrogens (tertiary/aromatic N) is 2. The molecule has 33 heavy (non-hydrogen) atoms. The van der Waals surface area contributed by atoms with Gasteiger partial charge in [0.2, 0.25) is 0 Å². The summed E-state index contributed by atoms with van der Waals surface area (Å²) >= 11 is 0. The molecular weight excluding hydrogens is 422 g/mol. The Morgan fingerprint density at radius 3 is 2.55 bits per heavy atom. The Hall–Kier alpha value is -4.64. The van der Waals surface area contributed by atoms with Gasteiger partial charge in [-0.2, -0.15) is 5.26 Å². The van der Waals surface area contributed by atoms with Gasteiger partial charge in [0, 0.05) is 17.8 Å². The van der Waals surface area contributed by atoms with E-state index in [1.165, 1.54) is 30.3 Å². The van der Waals surface area contributed by atoms with Crippen LogP contribution in [-0.2, 0) is 11.4 Å². The summed E-state index contributed by atoms with van der Waals surface area (Å²) in [5.74, 6) is 0.344. The van der Waals surface area contributed by atoms with Gasteiger partial charge in [-0.3, -0.25) is 14.9 Å². The first-order valence-corrected chi connectivity index (χ1v) is 10.1. The largest absolute Gasteiger partial charge is 0.490 e. The average molecular weight is 443 g/mol. The van der Waals surface area contributed by atoms with Crippen molar-refractivity contribution >= 4 is 23.4 Å². The zero-order valence-electron chi connectivity index (χ0n) is 17.9. The molecule has 0 spiro atoms. The number of carbonyl (C=O) groups is 1. The molecule has 0 aliphatic rings. The first-order valence-electron chi connectivity index (χ1n) is 10.1. The predicted octanol–water partition coefficient (Wildman–Crippen LogP) is 5.12. The lowest BCUT2D eigenvalue weighted by Crippen LogP contribution is -2.13. The van der Waals surface area contributed by atoms with Crippen LogP contribution in [0, 0.1) is 21.4 Å². The van der Waals surface area contributed by atoms with Gasteiger partial charge in [0.1, 0.15) is 18.2 Å². The summed E-state index contributed by atoms with van der Waals surface area (Å²) < 4.78 is 11.5. The van der Waals surface area contributed by atoms with E-state index in [2.05, 4.69) is 5.32 Å². The second-order valence-electron chi connectivity index (χ2n) is 6.84. The molecule has 0 aliphatic carbocycles. The molecule has 3 aromatic rings. The molecule has 0 radical (unpaired) electrons. The Labute approximate surface area is 190 Å². The molecule has 3 rings (SSSR count). The molecule has 1 N–H and O–H groups in total. The molecule has 1 amide bonds. The van der Waals surface area contributed by atoms with Crippen molar-refractivity contribution in [2.75, 3.05) is 11.9 Å². The zero-order valence-corrected chi connectivity index (χ0v) is 17.9. The Kier molecular flexibility index (Phi) is 7.76. The number of rotatable bonds is 9. The third-order valence-corrected chi connectivity index (χ3v) is 4.50. The molecule has 3 aromatic carbocycles. The summed E-state index contributed by atoms with van der Waals surface area (Å²) in [6, 6.07) is 22.2. The lowest BCUT2D eigenvalue weighted by molar-refractivity contribution is -0.384. The Morgan fingerprint density at radius 1 is 1.06 bits per heavy atom. The van der Waals surface area contributed by atoms with E-state index in [-0.39, 0.29) is 16.9 Å². The SMILES string of the molecule is CCOc1cc(/C=C(/C#N)C(=O)Nc2cccc([N+](=O)[O-])c2)ccc1OCc1ccccc1. The van der Waals surface area contributed by atoms with Gasteiger partial charge in [0.15, 0.2) is 11.5 Å². The summed E-state index contributed by atoms with van der Waals surface area (Å²) in [6.07, 6.45) is 1.41. The summed E-state index contributed by atoms with van der Waals surface area (Å²) in [5, 5.41) is 22.9. The van der Waals surface area contributed by atoms with Crippen LogP contribution in [0.1, 0.15) is 18.1 Å². The molecule has 8 nitrogen and oxygen atoms in total. The fraction of sp³-hybridized carbons (Fsp3) is 0.120. The summed E-state index contributed by atoms with van der Waals surface area (Å²) in [7, 11) is 0. The highest BCUT2D eigenvalue weighted by Gasteiger charge is 2.13. The van der Waals surface area contributed by atoms with Gasteiger partial charge in [-0.05, 0) is 42.3 Å². The van der Waals surface area contributed by atoms with E-state index in [0.29, 0.717) is 30.3 Å². The van der Waals surface area contributed by atoms with Crippen molar-refractivity contribution in [1.82, 2.24) is 0 Å². The molecule has 0 heterocycles. The van der Waals surface area contributed by atoms with Crippen LogP contribution in [0.4, 0.5) is 11.4 Å². The number of nitrogens with one attached hydrogen (secondary N) is 1. The van der Waals surface area contributed by atoms with Gasteiger partial charge in [0.25, 0.3) is 11.6 Å². The number of nitriles is 1. The standard InChI is InChI=1S/C25H21N3O5/c1-2-32-24-14-19(11-12-23(24)33-17-18-7-4-3-5-8-18)13-20(16-26)25(29)27-21-9-6-10-22(15-21)28(30)31/h3-15H,2,17H2,1H3,(H,27,29)/b20-13-. The van der Waals surface area contributed by atoms with E-state index in [4.69, 9.17) is 9.47 Å². The quantitative estimate of drug-likeness (QED) is 0.212.